The monoisotopic (exact) mass is 304 g/mol. The minimum atomic E-state index is -0.675. The standard InChI is InChI=1S/C16H17ClN2O2/c1-10-13(18)7-5-8-14(10)19-16(20)11(2)21-15-9-4-3-6-12(15)17/h3-9,11H,18H2,1-2H3,(H,19,20). The summed E-state index contributed by atoms with van der Waals surface area (Å²) in [5, 5.41) is 3.27. The van der Waals surface area contributed by atoms with Crippen molar-refractivity contribution in [1.82, 2.24) is 0 Å². The summed E-state index contributed by atoms with van der Waals surface area (Å²) in [5.41, 5.74) is 7.95. The van der Waals surface area contributed by atoms with Gasteiger partial charge in [0.2, 0.25) is 0 Å². The number of anilines is 2. The van der Waals surface area contributed by atoms with Crippen LogP contribution < -0.4 is 15.8 Å². The number of amides is 1. The molecule has 0 spiro atoms. The molecular formula is C16H17ClN2O2. The van der Waals surface area contributed by atoms with Crippen LogP contribution in [0.3, 0.4) is 0 Å². The van der Waals surface area contributed by atoms with Crippen molar-refractivity contribution in [1.29, 1.82) is 0 Å². The lowest BCUT2D eigenvalue weighted by molar-refractivity contribution is -0.122. The quantitative estimate of drug-likeness (QED) is 0.848. The first-order chi connectivity index (χ1) is 9.99. The molecule has 1 unspecified atom stereocenters. The van der Waals surface area contributed by atoms with Gasteiger partial charge in [-0.25, -0.2) is 0 Å². The molecule has 110 valence electrons. The fourth-order valence-electron chi connectivity index (χ4n) is 1.81. The number of halogens is 1. The lowest BCUT2D eigenvalue weighted by atomic mass is 10.1. The number of ether oxygens (including phenoxy) is 1. The predicted octanol–water partition coefficient (Wildman–Crippen LogP) is 3.64. The molecule has 0 aliphatic rings. The van der Waals surface area contributed by atoms with Gasteiger partial charge in [-0.3, -0.25) is 4.79 Å². The van der Waals surface area contributed by atoms with E-state index < -0.39 is 6.10 Å². The number of benzene rings is 2. The van der Waals surface area contributed by atoms with Crippen LogP contribution in [0.2, 0.25) is 5.02 Å². The first kappa shape index (κ1) is 15.2. The summed E-state index contributed by atoms with van der Waals surface area (Å²) in [4.78, 5) is 12.2. The fraction of sp³-hybridized carbons (Fsp3) is 0.188. The van der Waals surface area contributed by atoms with Gasteiger partial charge in [0.05, 0.1) is 5.02 Å². The van der Waals surface area contributed by atoms with Crippen LogP contribution in [0.15, 0.2) is 42.5 Å². The Morgan fingerprint density at radius 2 is 1.95 bits per heavy atom. The van der Waals surface area contributed by atoms with Gasteiger partial charge in [-0.2, -0.15) is 0 Å². The van der Waals surface area contributed by atoms with E-state index >= 15 is 0 Å². The van der Waals surface area contributed by atoms with Gasteiger partial charge >= 0.3 is 0 Å². The Balaban J connectivity index is 2.06. The van der Waals surface area contributed by atoms with E-state index in [4.69, 9.17) is 22.1 Å². The highest BCUT2D eigenvalue weighted by molar-refractivity contribution is 6.32. The topological polar surface area (TPSA) is 64.3 Å². The maximum atomic E-state index is 12.2. The van der Waals surface area contributed by atoms with E-state index in [2.05, 4.69) is 5.32 Å². The number of hydrogen-bond donors (Lipinski definition) is 2. The Labute approximate surface area is 128 Å². The van der Waals surface area contributed by atoms with Gasteiger partial charge in [-0.1, -0.05) is 29.8 Å². The number of nitrogens with two attached hydrogens (primary N) is 1. The Hall–Kier alpha value is -2.20. The molecule has 0 saturated heterocycles. The van der Waals surface area contributed by atoms with Crippen molar-refractivity contribution in [3.05, 3.63) is 53.1 Å². The van der Waals surface area contributed by atoms with E-state index in [1.165, 1.54) is 0 Å². The maximum absolute atomic E-state index is 12.2. The van der Waals surface area contributed by atoms with Crippen molar-refractivity contribution in [2.24, 2.45) is 0 Å². The second kappa shape index (κ2) is 6.50. The molecule has 0 heterocycles. The number of carbonyl (C=O) groups is 1. The Morgan fingerprint density at radius 1 is 1.24 bits per heavy atom. The van der Waals surface area contributed by atoms with Crippen LogP contribution >= 0.6 is 11.6 Å². The molecule has 0 fully saturated rings. The molecule has 1 amide bonds. The summed E-state index contributed by atoms with van der Waals surface area (Å²) < 4.78 is 5.57. The third kappa shape index (κ3) is 3.67. The van der Waals surface area contributed by atoms with Gasteiger partial charge in [0.1, 0.15) is 5.75 Å². The first-order valence-electron chi connectivity index (χ1n) is 6.56. The van der Waals surface area contributed by atoms with E-state index in [0.29, 0.717) is 22.1 Å². The van der Waals surface area contributed by atoms with E-state index in [0.717, 1.165) is 5.56 Å². The van der Waals surface area contributed by atoms with Gasteiger partial charge in [0.15, 0.2) is 6.10 Å². The van der Waals surface area contributed by atoms with Crippen molar-refractivity contribution in [3.63, 3.8) is 0 Å². The highest BCUT2D eigenvalue weighted by atomic mass is 35.5. The summed E-state index contributed by atoms with van der Waals surface area (Å²) >= 11 is 6.01. The second-order valence-electron chi connectivity index (χ2n) is 4.70. The van der Waals surface area contributed by atoms with Crippen LogP contribution in [-0.4, -0.2) is 12.0 Å². The Bertz CT molecular complexity index is 658. The lowest BCUT2D eigenvalue weighted by Gasteiger charge is -2.17. The molecule has 0 aromatic heterocycles. The van der Waals surface area contributed by atoms with E-state index in [1.807, 2.05) is 6.92 Å². The Morgan fingerprint density at radius 3 is 2.67 bits per heavy atom. The molecule has 5 heteroatoms. The SMILES string of the molecule is Cc1c(N)cccc1NC(=O)C(C)Oc1ccccc1Cl. The minimum Gasteiger partial charge on any atom is -0.479 e. The first-order valence-corrected chi connectivity index (χ1v) is 6.94. The van der Waals surface area contributed by atoms with Gasteiger partial charge in [-0.05, 0) is 43.7 Å². The van der Waals surface area contributed by atoms with Gasteiger partial charge in [0.25, 0.3) is 5.91 Å². The van der Waals surface area contributed by atoms with Crippen LogP contribution in [-0.2, 0) is 4.79 Å². The molecule has 0 aliphatic heterocycles. The summed E-state index contributed by atoms with van der Waals surface area (Å²) in [5.74, 6) is 0.217. The molecule has 2 aromatic carbocycles. The molecule has 2 aromatic rings. The number of rotatable bonds is 4. The Kier molecular flexibility index (Phi) is 4.70. The molecule has 0 bridgehead atoms. The van der Waals surface area contributed by atoms with E-state index in [1.54, 1.807) is 49.4 Å². The van der Waals surface area contributed by atoms with Gasteiger partial charge in [-0.15, -0.1) is 0 Å². The zero-order valence-electron chi connectivity index (χ0n) is 11.9. The molecule has 21 heavy (non-hydrogen) atoms. The zero-order chi connectivity index (χ0) is 15.4. The van der Waals surface area contributed by atoms with Gasteiger partial charge in [0, 0.05) is 11.4 Å². The molecule has 1 atom stereocenters. The van der Waals surface area contributed by atoms with Crippen molar-refractivity contribution in [2.45, 2.75) is 20.0 Å². The van der Waals surface area contributed by atoms with E-state index in [-0.39, 0.29) is 5.91 Å². The summed E-state index contributed by atoms with van der Waals surface area (Å²) in [6.45, 7) is 3.52. The second-order valence-corrected chi connectivity index (χ2v) is 5.11. The molecule has 0 aliphatic carbocycles. The summed E-state index contributed by atoms with van der Waals surface area (Å²) in [6, 6.07) is 12.4. The normalized spacial score (nSPS) is 11.8. The van der Waals surface area contributed by atoms with E-state index in [9.17, 15) is 4.79 Å². The molecular weight excluding hydrogens is 288 g/mol. The largest absolute Gasteiger partial charge is 0.479 e. The van der Waals surface area contributed by atoms with Crippen molar-refractivity contribution in [2.75, 3.05) is 11.1 Å². The van der Waals surface area contributed by atoms with Crippen LogP contribution in [0.25, 0.3) is 0 Å². The molecule has 0 saturated carbocycles. The lowest BCUT2D eigenvalue weighted by Crippen LogP contribution is -2.30. The number of carbonyl (C=O) groups excluding carboxylic acids is 1. The van der Waals surface area contributed by atoms with Crippen LogP contribution in [0.5, 0.6) is 5.75 Å². The number of hydrogen-bond acceptors (Lipinski definition) is 3. The number of para-hydroxylation sites is 1. The average molecular weight is 305 g/mol. The summed E-state index contributed by atoms with van der Waals surface area (Å²) in [6.07, 6.45) is -0.675. The highest BCUT2D eigenvalue weighted by Gasteiger charge is 2.17. The summed E-state index contributed by atoms with van der Waals surface area (Å²) in [7, 11) is 0. The zero-order valence-corrected chi connectivity index (χ0v) is 12.6. The number of nitrogen functional groups attached to an aromatic ring is 1. The van der Waals surface area contributed by atoms with Crippen molar-refractivity contribution < 1.29 is 9.53 Å². The predicted molar refractivity (Wildman–Crippen MR) is 85.8 cm³/mol. The molecule has 0 radical (unpaired) electrons. The van der Waals surface area contributed by atoms with Crippen LogP contribution in [0.1, 0.15) is 12.5 Å². The van der Waals surface area contributed by atoms with Crippen LogP contribution in [0, 0.1) is 6.92 Å². The molecule has 4 nitrogen and oxygen atoms in total. The molecule has 2 rings (SSSR count). The van der Waals surface area contributed by atoms with Gasteiger partial charge < -0.3 is 15.8 Å². The van der Waals surface area contributed by atoms with Crippen molar-refractivity contribution in [3.8, 4) is 5.75 Å². The number of nitrogens with one attached hydrogen (secondary N) is 1. The fourth-order valence-corrected chi connectivity index (χ4v) is 1.99. The third-order valence-corrected chi connectivity index (χ3v) is 3.46. The van der Waals surface area contributed by atoms with Crippen LogP contribution in [0.4, 0.5) is 11.4 Å². The smallest absolute Gasteiger partial charge is 0.265 e. The third-order valence-electron chi connectivity index (χ3n) is 3.14. The highest BCUT2D eigenvalue weighted by Crippen LogP contribution is 2.25. The maximum Gasteiger partial charge on any atom is 0.265 e. The molecule has 3 N–H and O–H groups in total. The average Bonchev–Trinajstić information content (AvgIpc) is 2.46. The van der Waals surface area contributed by atoms with Crippen molar-refractivity contribution >= 4 is 28.9 Å². The minimum absolute atomic E-state index is 0.261.